The van der Waals surface area contributed by atoms with Crippen LogP contribution < -0.4 is 5.73 Å². The third kappa shape index (κ3) is 5.02. The van der Waals surface area contributed by atoms with Gasteiger partial charge < -0.3 is 5.73 Å². The summed E-state index contributed by atoms with van der Waals surface area (Å²) in [4.78, 5) is 2.37. The molecule has 0 heterocycles. The fourth-order valence-electron chi connectivity index (χ4n) is 1.95. The minimum absolute atomic E-state index is 0.248. The normalized spacial score (nSPS) is 10.7. The van der Waals surface area contributed by atoms with Crippen molar-refractivity contribution in [2.45, 2.75) is 39.8 Å². The van der Waals surface area contributed by atoms with Gasteiger partial charge in [0.2, 0.25) is 0 Å². The lowest BCUT2D eigenvalue weighted by atomic mass is 10.1. The molecule has 1 aromatic rings. The maximum absolute atomic E-state index is 13.6. The fourth-order valence-corrected chi connectivity index (χ4v) is 1.95. The average molecular weight is 262 g/mol. The molecule has 0 aromatic heterocycles. The summed E-state index contributed by atoms with van der Waals surface area (Å²) < 4.78 is 13.6. The summed E-state index contributed by atoms with van der Waals surface area (Å²) in [6, 6.07) is 5.61. The van der Waals surface area contributed by atoms with Gasteiger partial charge in [0, 0.05) is 12.6 Å². The third-order valence-electron chi connectivity index (χ3n) is 2.98. The number of hydrogen-bond donors (Lipinski definition) is 1. The lowest BCUT2D eigenvalue weighted by Crippen LogP contribution is -2.31. The predicted molar refractivity (Wildman–Crippen MR) is 78.2 cm³/mol. The second-order valence-electron chi connectivity index (χ2n) is 4.88. The van der Waals surface area contributed by atoms with E-state index in [0.717, 1.165) is 25.1 Å². The smallest absolute Gasteiger partial charge is 0.138 e. The number of rotatable bonds is 5. The van der Waals surface area contributed by atoms with E-state index in [1.807, 2.05) is 12.1 Å². The van der Waals surface area contributed by atoms with Crippen LogP contribution in [0.1, 0.15) is 38.3 Å². The zero-order chi connectivity index (χ0) is 14.3. The first kappa shape index (κ1) is 15.7. The van der Waals surface area contributed by atoms with Crippen molar-refractivity contribution in [3.8, 4) is 11.8 Å². The molecule has 0 radical (unpaired) electrons. The van der Waals surface area contributed by atoms with Crippen molar-refractivity contribution in [3.63, 3.8) is 0 Å². The SMILES string of the molecule is CCCN(Cc1ccc(F)c(C#CCN)c1)C(C)C. The van der Waals surface area contributed by atoms with Gasteiger partial charge in [-0.15, -0.1) is 0 Å². The number of nitrogens with two attached hydrogens (primary N) is 1. The molecule has 0 aliphatic carbocycles. The first-order valence-electron chi connectivity index (χ1n) is 6.79. The van der Waals surface area contributed by atoms with Crippen LogP contribution in [0.15, 0.2) is 18.2 Å². The molecule has 104 valence electrons. The number of hydrogen-bond acceptors (Lipinski definition) is 2. The quantitative estimate of drug-likeness (QED) is 0.827. The topological polar surface area (TPSA) is 29.3 Å². The van der Waals surface area contributed by atoms with Crippen molar-refractivity contribution in [1.29, 1.82) is 0 Å². The molecule has 19 heavy (non-hydrogen) atoms. The number of nitrogens with zero attached hydrogens (tertiary/aromatic N) is 1. The van der Waals surface area contributed by atoms with Crippen molar-refractivity contribution in [3.05, 3.63) is 35.1 Å². The van der Waals surface area contributed by atoms with Crippen LogP contribution in [-0.4, -0.2) is 24.0 Å². The Hall–Kier alpha value is -1.37. The van der Waals surface area contributed by atoms with Gasteiger partial charge in [-0.2, -0.15) is 0 Å². The maximum Gasteiger partial charge on any atom is 0.138 e. The van der Waals surface area contributed by atoms with Gasteiger partial charge in [-0.05, 0) is 44.5 Å². The van der Waals surface area contributed by atoms with Gasteiger partial charge in [0.15, 0.2) is 0 Å². The molecule has 1 aromatic carbocycles. The van der Waals surface area contributed by atoms with Crippen molar-refractivity contribution in [2.24, 2.45) is 5.73 Å². The first-order chi connectivity index (χ1) is 9.08. The lowest BCUT2D eigenvalue weighted by Gasteiger charge is -2.26. The van der Waals surface area contributed by atoms with Crippen molar-refractivity contribution < 1.29 is 4.39 Å². The van der Waals surface area contributed by atoms with E-state index in [1.54, 1.807) is 0 Å². The Morgan fingerprint density at radius 3 is 2.68 bits per heavy atom. The molecule has 0 aliphatic rings. The van der Waals surface area contributed by atoms with E-state index in [1.165, 1.54) is 6.07 Å². The van der Waals surface area contributed by atoms with Gasteiger partial charge in [-0.3, -0.25) is 4.90 Å². The molecule has 0 amide bonds. The van der Waals surface area contributed by atoms with Crippen molar-refractivity contribution in [1.82, 2.24) is 4.90 Å². The standard InChI is InChI=1S/C16H23FN2/c1-4-10-19(13(2)3)12-14-7-8-16(17)15(11-14)6-5-9-18/h7-8,11,13H,4,9-10,12,18H2,1-3H3. The van der Waals surface area contributed by atoms with Crippen LogP contribution in [0, 0.1) is 17.7 Å². The molecule has 0 bridgehead atoms. The molecule has 0 aliphatic heterocycles. The highest BCUT2D eigenvalue weighted by molar-refractivity contribution is 5.38. The van der Waals surface area contributed by atoms with E-state index in [2.05, 4.69) is 37.5 Å². The van der Waals surface area contributed by atoms with Crippen LogP contribution in [0.4, 0.5) is 4.39 Å². The maximum atomic E-state index is 13.6. The highest BCUT2D eigenvalue weighted by Gasteiger charge is 2.10. The molecule has 0 atom stereocenters. The molecule has 0 spiro atoms. The van der Waals surface area contributed by atoms with Crippen LogP contribution in [0.3, 0.4) is 0 Å². The average Bonchev–Trinajstić information content (AvgIpc) is 2.38. The monoisotopic (exact) mass is 262 g/mol. The molecule has 3 heteroatoms. The van der Waals surface area contributed by atoms with E-state index in [-0.39, 0.29) is 12.4 Å². The Labute approximate surface area is 115 Å². The number of benzene rings is 1. The molecule has 2 nitrogen and oxygen atoms in total. The molecule has 0 saturated heterocycles. The Balaban J connectivity index is 2.89. The number of halogens is 1. The van der Waals surface area contributed by atoms with Crippen molar-refractivity contribution in [2.75, 3.05) is 13.1 Å². The molecule has 0 saturated carbocycles. The highest BCUT2D eigenvalue weighted by Crippen LogP contribution is 2.13. The van der Waals surface area contributed by atoms with Gasteiger partial charge in [-0.1, -0.05) is 24.8 Å². The van der Waals surface area contributed by atoms with E-state index in [0.29, 0.717) is 11.6 Å². The van der Waals surface area contributed by atoms with Gasteiger partial charge in [0.1, 0.15) is 5.82 Å². The van der Waals surface area contributed by atoms with Gasteiger partial charge >= 0.3 is 0 Å². The predicted octanol–water partition coefficient (Wildman–Crippen LogP) is 2.76. The van der Waals surface area contributed by atoms with Crippen LogP contribution in [0.5, 0.6) is 0 Å². The minimum atomic E-state index is -0.281. The summed E-state index contributed by atoms with van der Waals surface area (Å²) in [7, 11) is 0. The van der Waals surface area contributed by atoms with Gasteiger partial charge in [0.05, 0.1) is 12.1 Å². The molecule has 0 unspecified atom stereocenters. The van der Waals surface area contributed by atoms with E-state index < -0.39 is 0 Å². The highest BCUT2D eigenvalue weighted by atomic mass is 19.1. The zero-order valence-corrected chi connectivity index (χ0v) is 12.0. The van der Waals surface area contributed by atoms with Crippen LogP contribution in [-0.2, 0) is 6.54 Å². The third-order valence-corrected chi connectivity index (χ3v) is 2.98. The molecule has 2 N–H and O–H groups in total. The van der Waals surface area contributed by atoms with E-state index in [4.69, 9.17) is 5.73 Å². The van der Waals surface area contributed by atoms with Gasteiger partial charge in [0.25, 0.3) is 0 Å². The van der Waals surface area contributed by atoms with Crippen molar-refractivity contribution >= 4 is 0 Å². The summed E-state index contributed by atoms with van der Waals surface area (Å²) in [5.41, 5.74) is 6.84. The Kier molecular flexibility index (Phi) is 6.55. The van der Waals surface area contributed by atoms with Crippen LogP contribution in [0.25, 0.3) is 0 Å². The van der Waals surface area contributed by atoms with Crippen LogP contribution >= 0.6 is 0 Å². The second kappa shape index (κ2) is 7.93. The minimum Gasteiger partial charge on any atom is -0.320 e. The van der Waals surface area contributed by atoms with E-state index in [9.17, 15) is 4.39 Å². The Bertz CT molecular complexity index is 458. The largest absolute Gasteiger partial charge is 0.320 e. The fraction of sp³-hybridized carbons (Fsp3) is 0.500. The second-order valence-corrected chi connectivity index (χ2v) is 4.88. The summed E-state index contributed by atoms with van der Waals surface area (Å²) in [5.74, 6) is 5.20. The molecule has 1 rings (SSSR count). The summed E-state index contributed by atoms with van der Waals surface area (Å²) in [6.45, 7) is 8.63. The summed E-state index contributed by atoms with van der Waals surface area (Å²) >= 11 is 0. The van der Waals surface area contributed by atoms with E-state index >= 15 is 0 Å². The summed E-state index contributed by atoms with van der Waals surface area (Å²) in [5, 5.41) is 0. The molecule has 0 fully saturated rings. The zero-order valence-electron chi connectivity index (χ0n) is 12.0. The summed E-state index contributed by atoms with van der Waals surface area (Å²) in [6.07, 6.45) is 1.11. The molecular formula is C16H23FN2. The van der Waals surface area contributed by atoms with Gasteiger partial charge in [-0.25, -0.2) is 4.39 Å². The lowest BCUT2D eigenvalue weighted by molar-refractivity contribution is 0.213. The first-order valence-corrected chi connectivity index (χ1v) is 6.79. The Morgan fingerprint density at radius 2 is 2.11 bits per heavy atom. The van der Waals surface area contributed by atoms with Crippen LogP contribution in [0.2, 0.25) is 0 Å². The molecular weight excluding hydrogens is 239 g/mol. The Morgan fingerprint density at radius 1 is 1.37 bits per heavy atom.